The van der Waals surface area contributed by atoms with Gasteiger partial charge in [-0.05, 0) is 34.6 Å². The van der Waals surface area contributed by atoms with Gasteiger partial charge in [-0.15, -0.1) is 5.10 Å². The molecule has 0 fully saturated rings. The van der Waals surface area contributed by atoms with Gasteiger partial charge < -0.3 is 10.3 Å². The molecule has 24 heavy (non-hydrogen) atoms. The SMILES string of the molecule is Nc1nonc1-c1nc2cccc(F)c2n1Cc1ccc(Cl)nn1. The van der Waals surface area contributed by atoms with Gasteiger partial charge in [-0.2, -0.15) is 5.10 Å². The minimum absolute atomic E-state index is 0.0640. The highest BCUT2D eigenvalue weighted by Crippen LogP contribution is 2.28. The molecule has 0 aliphatic heterocycles. The molecule has 3 heterocycles. The number of nitrogens with zero attached hydrogens (tertiary/aromatic N) is 6. The summed E-state index contributed by atoms with van der Waals surface area (Å²) in [5.41, 5.74) is 7.30. The molecule has 0 radical (unpaired) electrons. The number of aromatic nitrogens is 6. The van der Waals surface area contributed by atoms with Gasteiger partial charge in [-0.3, -0.25) is 0 Å². The van der Waals surface area contributed by atoms with Crippen LogP contribution in [0, 0.1) is 5.82 Å². The van der Waals surface area contributed by atoms with Crippen molar-refractivity contribution in [1.82, 2.24) is 30.1 Å². The summed E-state index contributed by atoms with van der Waals surface area (Å²) in [4.78, 5) is 4.40. The predicted molar refractivity (Wildman–Crippen MR) is 83.5 cm³/mol. The lowest BCUT2D eigenvalue weighted by Crippen LogP contribution is -2.06. The van der Waals surface area contributed by atoms with Crippen molar-refractivity contribution in [2.24, 2.45) is 0 Å². The first kappa shape index (κ1) is 14.5. The second-order valence-electron chi connectivity index (χ2n) is 4.97. The number of para-hydroxylation sites is 1. The van der Waals surface area contributed by atoms with Crippen LogP contribution in [-0.4, -0.2) is 30.1 Å². The van der Waals surface area contributed by atoms with E-state index in [2.05, 4.69) is 30.1 Å². The molecule has 0 bridgehead atoms. The van der Waals surface area contributed by atoms with Crippen LogP contribution in [0.15, 0.2) is 35.0 Å². The van der Waals surface area contributed by atoms with Crippen molar-refractivity contribution in [3.63, 3.8) is 0 Å². The zero-order valence-electron chi connectivity index (χ0n) is 12.0. The Balaban J connectivity index is 1.94. The summed E-state index contributed by atoms with van der Waals surface area (Å²) in [6.45, 7) is 0.198. The fourth-order valence-electron chi connectivity index (χ4n) is 2.42. The fraction of sp³-hybridized carbons (Fsp3) is 0.0714. The summed E-state index contributed by atoms with van der Waals surface area (Å²) in [5, 5.41) is 15.3. The minimum Gasteiger partial charge on any atom is -0.379 e. The van der Waals surface area contributed by atoms with E-state index in [4.69, 9.17) is 17.3 Å². The van der Waals surface area contributed by atoms with E-state index in [9.17, 15) is 4.39 Å². The third-order valence-electron chi connectivity index (χ3n) is 3.45. The van der Waals surface area contributed by atoms with E-state index in [-0.39, 0.29) is 23.2 Å². The van der Waals surface area contributed by atoms with E-state index in [1.165, 1.54) is 6.07 Å². The van der Waals surface area contributed by atoms with Crippen LogP contribution in [0.4, 0.5) is 10.2 Å². The molecule has 0 amide bonds. The maximum atomic E-state index is 14.4. The highest BCUT2D eigenvalue weighted by molar-refractivity contribution is 6.29. The van der Waals surface area contributed by atoms with E-state index < -0.39 is 5.82 Å². The van der Waals surface area contributed by atoms with E-state index in [0.29, 0.717) is 22.6 Å². The molecule has 0 spiro atoms. The van der Waals surface area contributed by atoms with Crippen LogP contribution in [0.3, 0.4) is 0 Å². The van der Waals surface area contributed by atoms with Gasteiger partial charge in [-0.1, -0.05) is 17.7 Å². The Labute approximate surface area is 139 Å². The van der Waals surface area contributed by atoms with Crippen LogP contribution < -0.4 is 5.73 Å². The molecular weight excluding hydrogens is 337 g/mol. The summed E-state index contributed by atoms with van der Waals surface area (Å²) in [7, 11) is 0. The van der Waals surface area contributed by atoms with Gasteiger partial charge in [0.15, 0.2) is 22.5 Å². The molecule has 0 aliphatic carbocycles. The van der Waals surface area contributed by atoms with Gasteiger partial charge >= 0.3 is 0 Å². The third-order valence-corrected chi connectivity index (χ3v) is 3.65. The summed E-state index contributed by atoms with van der Waals surface area (Å²) in [6.07, 6.45) is 0. The molecule has 10 heteroatoms. The fourth-order valence-corrected chi connectivity index (χ4v) is 2.52. The number of fused-ring (bicyclic) bond motifs is 1. The molecule has 8 nitrogen and oxygen atoms in total. The lowest BCUT2D eigenvalue weighted by atomic mass is 10.3. The summed E-state index contributed by atoms with van der Waals surface area (Å²) in [5.74, 6) is -0.0389. The number of hydrogen-bond donors (Lipinski definition) is 1. The van der Waals surface area contributed by atoms with Crippen molar-refractivity contribution < 1.29 is 9.02 Å². The van der Waals surface area contributed by atoms with Crippen LogP contribution in [0.25, 0.3) is 22.6 Å². The Morgan fingerprint density at radius 1 is 1.17 bits per heavy atom. The number of halogens is 2. The Hall–Kier alpha value is -3.07. The van der Waals surface area contributed by atoms with Crippen molar-refractivity contribution in [3.05, 3.63) is 47.0 Å². The van der Waals surface area contributed by atoms with Gasteiger partial charge in [-0.25, -0.2) is 14.0 Å². The molecule has 0 unspecified atom stereocenters. The van der Waals surface area contributed by atoms with Crippen LogP contribution in [0.1, 0.15) is 5.69 Å². The first-order chi connectivity index (χ1) is 11.6. The van der Waals surface area contributed by atoms with Crippen LogP contribution in [-0.2, 0) is 6.54 Å². The van der Waals surface area contributed by atoms with Crippen LogP contribution >= 0.6 is 11.6 Å². The van der Waals surface area contributed by atoms with Gasteiger partial charge in [0.05, 0.1) is 17.8 Å². The Bertz CT molecular complexity index is 1030. The number of imidazole rings is 1. The molecule has 3 aromatic heterocycles. The first-order valence-electron chi connectivity index (χ1n) is 6.85. The van der Waals surface area contributed by atoms with E-state index >= 15 is 0 Å². The van der Waals surface area contributed by atoms with Crippen molar-refractivity contribution in [2.75, 3.05) is 5.73 Å². The summed E-state index contributed by atoms with van der Waals surface area (Å²) < 4.78 is 20.6. The van der Waals surface area contributed by atoms with E-state index in [1.54, 1.807) is 28.8 Å². The number of hydrogen-bond acceptors (Lipinski definition) is 7. The zero-order chi connectivity index (χ0) is 16.7. The minimum atomic E-state index is -0.428. The average molecular weight is 346 g/mol. The quantitative estimate of drug-likeness (QED) is 0.606. The summed E-state index contributed by atoms with van der Waals surface area (Å²) >= 11 is 5.75. The normalized spacial score (nSPS) is 11.2. The van der Waals surface area contributed by atoms with E-state index in [0.717, 1.165) is 0 Å². The molecule has 0 saturated heterocycles. The third kappa shape index (κ3) is 2.35. The predicted octanol–water partition coefficient (Wildman–Crippen LogP) is 2.30. The van der Waals surface area contributed by atoms with Crippen molar-refractivity contribution >= 4 is 28.5 Å². The second kappa shape index (κ2) is 5.53. The van der Waals surface area contributed by atoms with Gasteiger partial charge in [0, 0.05) is 0 Å². The molecular formula is C14H9ClFN7O. The monoisotopic (exact) mass is 345 g/mol. The number of benzene rings is 1. The molecule has 4 aromatic rings. The largest absolute Gasteiger partial charge is 0.379 e. The van der Waals surface area contributed by atoms with Gasteiger partial charge in [0.1, 0.15) is 11.3 Å². The number of nitrogen functional groups attached to an aromatic ring is 1. The summed E-state index contributed by atoms with van der Waals surface area (Å²) in [6, 6.07) is 7.91. The van der Waals surface area contributed by atoms with Crippen LogP contribution in [0.2, 0.25) is 5.15 Å². The highest BCUT2D eigenvalue weighted by atomic mass is 35.5. The average Bonchev–Trinajstić information content (AvgIpc) is 3.14. The zero-order valence-corrected chi connectivity index (χ0v) is 12.8. The smallest absolute Gasteiger partial charge is 0.199 e. The standard InChI is InChI=1S/C14H9ClFN7O/c15-10-5-4-7(19-20-10)6-23-12-8(16)2-1-3-9(12)18-14(23)11-13(17)22-24-21-11/h1-5H,6H2,(H2,17,22). The molecule has 1 aromatic carbocycles. The molecule has 0 atom stereocenters. The Kier molecular flexibility index (Phi) is 3.35. The lowest BCUT2D eigenvalue weighted by molar-refractivity contribution is 0.310. The first-order valence-corrected chi connectivity index (χ1v) is 7.22. The van der Waals surface area contributed by atoms with Crippen molar-refractivity contribution in [1.29, 1.82) is 0 Å². The van der Waals surface area contributed by atoms with Gasteiger partial charge in [0.2, 0.25) is 0 Å². The lowest BCUT2D eigenvalue weighted by Gasteiger charge is -2.07. The topological polar surface area (TPSA) is 109 Å². The molecule has 120 valence electrons. The highest BCUT2D eigenvalue weighted by Gasteiger charge is 2.21. The number of rotatable bonds is 3. The molecule has 4 rings (SSSR count). The molecule has 2 N–H and O–H groups in total. The molecule has 0 saturated carbocycles. The van der Waals surface area contributed by atoms with Crippen LogP contribution in [0.5, 0.6) is 0 Å². The Morgan fingerprint density at radius 3 is 2.75 bits per heavy atom. The number of anilines is 1. The number of nitrogens with two attached hydrogens (primary N) is 1. The van der Waals surface area contributed by atoms with Gasteiger partial charge in [0.25, 0.3) is 0 Å². The second-order valence-corrected chi connectivity index (χ2v) is 5.36. The van der Waals surface area contributed by atoms with E-state index in [1.807, 2.05) is 0 Å². The Morgan fingerprint density at radius 2 is 2.04 bits per heavy atom. The van der Waals surface area contributed by atoms with Crippen molar-refractivity contribution in [3.8, 4) is 11.5 Å². The maximum absolute atomic E-state index is 14.4. The molecule has 0 aliphatic rings. The van der Waals surface area contributed by atoms with Crippen molar-refractivity contribution in [2.45, 2.75) is 6.54 Å². The maximum Gasteiger partial charge on any atom is 0.199 e.